The number of halogens is 3. The highest BCUT2D eigenvalue weighted by Crippen LogP contribution is 2.46. The third-order valence-corrected chi connectivity index (χ3v) is 6.45. The number of allylic oxidation sites excluding steroid dienone is 2. The van der Waals surface area contributed by atoms with Gasteiger partial charge in [-0.3, -0.25) is 24.6 Å². The lowest BCUT2D eigenvalue weighted by molar-refractivity contribution is -0.384. The molecule has 2 amide bonds. The summed E-state index contributed by atoms with van der Waals surface area (Å²) in [5.74, 6) is -6.81. The molecular weight excluding hydrogens is 555 g/mol. The van der Waals surface area contributed by atoms with Gasteiger partial charge in [-0.15, -0.1) is 0 Å². The molecule has 214 valence electrons. The van der Waals surface area contributed by atoms with Crippen LogP contribution in [0.3, 0.4) is 0 Å². The SMILES string of the molecule is COC(=O)C1=C(C(F)(F)F)NC(C)=C(C(=O)O)C1c1cc([N+](=O)[O-])ccc1OCCN1C(=O)c2ccccc2C1=O. The normalized spacial score (nSPS) is 16.9. The molecule has 0 aliphatic carbocycles. The van der Waals surface area contributed by atoms with Gasteiger partial charge in [-0.05, 0) is 25.1 Å². The minimum absolute atomic E-state index is 0.169. The van der Waals surface area contributed by atoms with Crippen molar-refractivity contribution in [3.8, 4) is 5.75 Å². The molecule has 0 saturated carbocycles. The van der Waals surface area contributed by atoms with Gasteiger partial charge in [0.1, 0.15) is 18.1 Å². The quantitative estimate of drug-likeness (QED) is 0.206. The molecule has 41 heavy (non-hydrogen) atoms. The molecule has 0 radical (unpaired) electrons. The summed E-state index contributed by atoms with van der Waals surface area (Å²) in [6.07, 6.45) is -5.18. The number of nitrogens with zero attached hydrogens (tertiary/aromatic N) is 2. The summed E-state index contributed by atoms with van der Waals surface area (Å²) in [5, 5.41) is 23.4. The van der Waals surface area contributed by atoms with E-state index in [1.54, 1.807) is 12.1 Å². The number of carboxylic acids is 1. The van der Waals surface area contributed by atoms with Crippen molar-refractivity contribution in [2.24, 2.45) is 0 Å². The number of hydrogen-bond donors (Lipinski definition) is 2. The molecule has 1 atom stereocenters. The van der Waals surface area contributed by atoms with Gasteiger partial charge in [0.05, 0.1) is 46.8 Å². The number of benzene rings is 2. The first kappa shape index (κ1) is 28.8. The lowest BCUT2D eigenvalue weighted by Crippen LogP contribution is -2.38. The Hall–Kier alpha value is -5.21. The number of non-ortho nitro benzene ring substituents is 1. The molecule has 2 aliphatic rings. The fourth-order valence-corrected chi connectivity index (χ4v) is 4.67. The van der Waals surface area contributed by atoms with E-state index < -0.39 is 81.2 Å². The lowest BCUT2D eigenvalue weighted by Gasteiger charge is -2.32. The minimum Gasteiger partial charge on any atom is -0.491 e. The first-order chi connectivity index (χ1) is 19.3. The van der Waals surface area contributed by atoms with Gasteiger partial charge >= 0.3 is 18.1 Å². The van der Waals surface area contributed by atoms with Gasteiger partial charge in [0.2, 0.25) is 0 Å². The van der Waals surface area contributed by atoms with Gasteiger partial charge < -0.3 is 19.9 Å². The number of amides is 2. The van der Waals surface area contributed by atoms with Crippen LogP contribution in [0.5, 0.6) is 5.75 Å². The Labute approximate surface area is 228 Å². The number of carbonyl (C=O) groups excluding carboxylic acids is 3. The summed E-state index contributed by atoms with van der Waals surface area (Å²) in [6.45, 7) is 0.301. The van der Waals surface area contributed by atoms with Crippen molar-refractivity contribution in [1.29, 1.82) is 0 Å². The Kier molecular flexibility index (Phi) is 7.55. The molecule has 0 bridgehead atoms. The molecule has 2 aromatic rings. The monoisotopic (exact) mass is 575 g/mol. The maximum Gasteiger partial charge on any atom is 0.431 e. The zero-order chi connectivity index (χ0) is 30.2. The minimum atomic E-state index is -5.18. The number of methoxy groups -OCH3 is 1. The summed E-state index contributed by atoms with van der Waals surface area (Å²) in [4.78, 5) is 61.8. The highest BCUT2D eigenvalue weighted by Gasteiger charge is 2.48. The molecule has 2 heterocycles. The molecule has 0 spiro atoms. The molecule has 2 aliphatic heterocycles. The van der Waals surface area contributed by atoms with Crippen LogP contribution < -0.4 is 10.1 Å². The summed E-state index contributed by atoms with van der Waals surface area (Å²) in [5.41, 5.74) is -4.72. The van der Waals surface area contributed by atoms with Gasteiger partial charge in [-0.2, -0.15) is 13.2 Å². The van der Waals surface area contributed by atoms with E-state index in [1.165, 1.54) is 12.1 Å². The van der Waals surface area contributed by atoms with Crippen molar-refractivity contribution in [2.75, 3.05) is 20.3 Å². The molecule has 2 N–H and O–H groups in total. The van der Waals surface area contributed by atoms with Gasteiger partial charge in [-0.1, -0.05) is 12.1 Å². The second-order valence-corrected chi connectivity index (χ2v) is 8.82. The Morgan fingerprint density at radius 3 is 2.22 bits per heavy atom. The number of aliphatic carboxylic acids is 1. The number of nitro groups is 1. The molecule has 0 fully saturated rings. The Balaban J connectivity index is 1.79. The number of alkyl halides is 3. The van der Waals surface area contributed by atoms with Gasteiger partial charge in [0.15, 0.2) is 0 Å². The smallest absolute Gasteiger partial charge is 0.431 e. The van der Waals surface area contributed by atoms with E-state index in [2.05, 4.69) is 4.74 Å². The van der Waals surface area contributed by atoms with E-state index in [-0.39, 0.29) is 23.4 Å². The van der Waals surface area contributed by atoms with Crippen LogP contribution in [0.2, 0.25) is 0 Å². The van der Waals surface area contributed by atoms with Crippen molar-refractivity contribution >= 4 is 29.4 Å². The first-order valence-corrected chi connectivity index (χ1v) is 11.7. The van der Waals surface area contributed by atoms with Crippen LogP contribution in [0, 0.1) is 10.1 Å². The highest BCUT2D eigenvalue weighted by molar-refractivity contribution is 6.21. The van der Waals surface area contributed by atoms with Crippen molar-refractivity contribution in [1.82, 2.24) is 10.2 Å². The highest BCUT2D eigenvalue weighted by atomic mass is 19.4. The largest absolute Gasteiger partial charge is 0.491 e. The fraction of sp³-hybridized carbons (Fsp3) is 0.231. The summed E-state index contributed by atoms with van der Waals surface area (Å²) in [7, 11) is 0.791. The molecule has 4 rings (SSSR count). The van der Waals surface area contributed by atoms with Crippen molar-refractivity contribution in [3.05, 3.63) is 91.8 Å². The molecule has 0 aromatic heterocycles. The number of ether oxygens (including phenoxy) is 2. The van der Waals surface area contributed by atoms with Crippen molar-refractivity contribution in [3.63, 3.8) is 0 Å². The van der Waals surface area contributed by atoms with E-state index in [0.29, 0.717) is 0 Å². The molecule has 2 aromatic carbocycles. The number of esters is 1. The van der Waals surface area contributed by atoms with E-state index >= 15 is 0 Å². The Morgan fingerprint density at radius 2 is 1.71 bits per heavy atom. The predicted octanol–water partition coefficient (Wildman–Crippen LogP) is 3.30. The molecular formula is C26H20F3N3O9. The van der Waals surface area contributed by atoms with Crippen LogP contribution in [0.25, 0.3) is 0 Å². The van der Waals surface area contributed by atoms with Crippen LogP contribution in [0.4, 0.5) is 18.9 Å². The predicted molar refractivity (Wildman–Crippen MR) is 132 cm³/mol. The summed E-state index contributed by atoms with van der Waals surface area (Å²) < 4.78 is 52.3. The van der Waals surface area contributed by atoms with Gasteiger partial charge in [0.25, 0.3) is 17.5 Å². The zero-order valence-corrected chi connectivity index (χ0v) is 21.3. The van der Waals surface area contributed by atoms with Crippen LogP contribution in [0.1, 0.15) is 39.1 Å². The van der Waals surface area contributed by atoms with Crippen LogP contribution in [0.15, 0.2) is 65.0 Å². The van der Waals surface area contributed by atoms with Gasteiger partial charge in [0, 0.05) is 23.4 Å². The van der Waals surface area contributed by atoms with Gasteiger partial charge in [-0.25, -0.2) is 9.59 Å². The van der Waals surface area contributed by atoms with Crippen LogP contribution >= 0.6 is 0 Å². The average Bonchev–Trinajstić information content (AvgIpc) is 3.16. The molecule has 1 unspecified atom stereocenters. The second-order valence-electron chi connectivity index (χ2n) is 8.82. The number of carboxylic acid groups (broad SMARTS) is 1. The van der Waals surface area contributed by atoms with E-state index in [9.17, 15) is 47.6 Å². The number of hydrogen-bond acceptors (Lipinski definition) is 9. The number of fused-ring (bicyclic) bond motifs is 1. The number of dihydropyridines is 1. The number of carbonyl (C=O) groups is 4. The molecule has 0 saturated heterocycles. The van der Waals surface area contributed by atoms with E-state index in [0.717, 1.165) is 37.1 Å². The Bertz CT molecular complexity index is 1530. The van der Waals surface area contributed by atoms with Crippen LogP contribution in [-0.2, 0) is 14.3 Å². The number of nitrogens with one attached hydrogen (secondary N) is 1. The maximum atomic E-state index is 14.0. The third kappa shape index (κ3) is 5.20. The lowest BCUT2D eigenvalue weighted by atomic mass is 9.79. The van der Waals surface area contributed by atoms with Crippen molar-refractivity contribution in [2.45, 2.75) is 19.0 Å². The standard InChI is InChI=1S/C26H20F3N3O9/c1-12-18(24(35)36)19(20(25(37)40-2)21(30-12)26(27,28)29)16-11-13(32(38)39)7-8-17(16)41-10-9-31-22(33)14-5-3-4-6-15(14)23(31)34/h3-8,11,19,30H,9-10H2,1-2H3,(H,35,36). The topological polar surface area (TPSA) is 165 Å². The Morgan fingerprint density at radius 1 is 1.10 bits per heavy atom. The van der Waals surface area contributed by atoms with Crippen LogP contribution in [-0.4, -0.2) is 65.1 Å². The second kappa shape index (κ2) is 10.7. The van der Waals surface area contributed by atoms with E-state index in [4.69, 9.17) is 4.74 Å². The molecule has 15 heteroatoms. The number of imide groups is 1. The number of nitro benzene ring substituents is 1. The number of rotatable bonds is 8. The maximum absolute atomic E-state index is 14.0. The third-order valence-electron chi connectivity index (χ3n) is 6.45. The molecule has 12 nitrogen and oxygen atoms in total. The fourth-order valence-electron chi connectivity index (χ4n) is 4.67. The summed E-state index contributed by atoms with van der Waals surface area (Å²) in [6, 6.07) is 8.85. The zero-order valence-electron chi connectivity index (χ0n) is 21.3. The van der Waals surface area contributed by atoms with Crippen molar-refractivity contribution < 1.29 is 51.9 Å². The average molecular weight is 575 g/mol. The summed E-state index contributed by atoms with van der Waals surface area (Å²) >= 11 is 0. The first-order valence-electron chi connectivity index (χ1n) is 11.7. The van der Waals surface area contributed by atoms with E-state index in [1.807, 2.05) is 5.32 Å².